The van der Waals surface area contributed by atoms with Crippen molar-refractivity contribution in [1.82, 2.24) is 5.32 Å². The molecule has 0 unspecified atom stereocenters. The predicted octanol–water partition coefficient (Wildman–Crippen LogP) is 5.06. The van der Waals surface area contributed by atoms with Crippen LogP contribution in [0.2, 0.25) is 0 Å². The number of alkyl halides is 3. The van der Waals surface area contributed by atoms with Gasteiger partial charge in [-0.1, -0.05) is 24.3 Å². The van der Waals surface area contributed by atoms with E-state index in [1.54, 1.807) is 6.08 Å². The molecule has 2 bridgehead atoms. The number of carbonyl (C=O) groups excluding carboxylic acids is 2. The first-order valence-electron chi connectivity index (χ1n) is 13.7. The minimum atomic E-state index is -5.65. The number of anilines is 1. The van der Waals surface area contributed by atoms with Gasteiger partial charge < -0.3 is 25.2 Å². The van der Waals surface area contributed by atoms with Gasteiger partial charge in [0.1, 0.15) is 22.9 Å². The first-order chi connectivity index (χ1) is 21.7. The van der Waals surface area contributed by atoms with Crippen LogP contribution in [0.4, 0.5) is 23.2 Å². The number of carbonyl (C=O) groups is 3. The molecule has 0 saturated heterocycles. The van der Waals surface area contributed by atoms with E-state index in [2.05, 4.69) is 10.6 Å². The van der Waals surface area contributed by atoms with Gasteiger partial charge >= 0.3 is 11.5 Å². The van der Waals surface area contributed by atoms with Gasteiger partial charge in [-0.15, -0.1) is 0 Å². The van der Waals surface area contributed by atoms with Crippen LogP contribution >= 0.6 is 0 Å². The Hall–Kier alpha value is -4.92. The summed E-state index contributed by atoms with van der Waals surface area (Å²) >= 11 is 0. The highest BCUT2D eigenvalue weighted by atomic mass is 32.2. The van der Waals surface area contributed by atoms with Crippen molar-refractivity contribution in [2.45, 2.75) is 22.9 Å². The van der Waals surface area contributed by atoms with Crippen molar-refractivity contribution in [3.8, 4) is 22.6 Å². The Morgan fingerprint density at radius 1 is 0.913 bits per heavy atom. The van der Waals surface area contributed by atoms with Gasteiger partial charge in [-0.25, -0.2) is 17.6 Å². The number of fused-ring (bicyclic) bond motifs is 2. The number of ether oxygens (including phenoxy) is 2. The number of amides is 2. The Morgan fingerprint density at radius 3 is 2.24 bits per heavy atom. The van der Waals surface area contributed by atoms with Crippen molar-refractivity contribution in [2.75, 3.05) is 19.5 Å². The first-order valence-corrected chi connectivity index (χ1v) is 15.1. The van der Waals surface area contributed by atoms with Crippen LogP contribution in [-0.4, -0.2) is 57.1 Å². The second kappa shape index (κ2) is 12.1. The SMILES string of the molecule is COc1cc(-c2cc(C(=O)N[C@H]3[C@@H](C(=O)Nc4cccc(S(=O)(=O)C(F)(F)F)c4)[C@@H]4C=C[C@H]3C4)c(OC)cc2F)ccc1C(=O)O. The number of carboxylic acid groups (broad SMARTS) is 1. The van der Waals surface area contributed by atoms with Crippen molar-refractivity contribution in [1.29, 1.82) is 0 Å². The summed E-state index contributed by atoms with van der Waals surface area (Å²) in [7, 11) is -3.16. The van der Waals surface area contributed by atoms with Crippen LogP contribution in [0.25, 0.3) is 11.1 Å². The molecular formula is C31H26F4N2O8S. The molecule has 0 heterocycles. The van der Waals surface area contributed by atoms with E-state index in [0.29, 0.717) is 12.5 Å². The second-order valence-corrected chi connectivity index (χ2v) is 12.6. The minimum absolute atomic E-state index is 0.0321. The fourth-order valence-corrected chi connectivity index (χ4v) is 6.67. The van der Waals surface area contributed by atoms with Gasteiger partial charge in [0.2, 0.25) is 5.91 Å². The van der Waals surface area contributed by atoms with Gasteiger partial charge in [-0.05, 0) is 60.2 Å². The highest BCUT2D eigenvalue weighted by Crippen LogP contribution is 2.45. The number of nitrogens with one attached hydrogen (secondary N) is 2. The fourth-order valence-electron chi connectivity index (χ4n) is 5.86. The number of hydrogen-bond acceptors (Lipinski definition) is 7. The zero-order valence-corrected chi connectivity index (χ0v) is 24.9. The topological polar surface area (TPSA) is 148 Å². The summed E-state index contributed by atoms with van der Waals surface area (Å²) in [5.74, 6) is -5.02. The Labute approximate surface area is 259 Å². The molecule has 3 aromatic carbocycles. The Kier molecular flexibility index (Phi) is 8.55. The standard InChI is InChI=1S/C31H26F4N2O8S/c1-44-24-11-15(8-9-20(24)30(40)41)21-13-22(25(45-2)14-23(21)32)28(38)37-27-17-7-6-16(10-17)26(27)29(39)36-18-4-3-5-19(12-18)46(42,43)31(33,34)35/h3-9,11-14,16-17,26-27H,10H2,1-2H3,(H,36,39)(H,37,38)(H,40,41)/t16-,17+,26+,27-/m1/s1. The maximum Gasteiger partial charge on any atom is 0.501 e. The quantitative estimate of drug-likeness (QED) is 0.213. The number of hydrogen-bond donors (Lipinski definition) is 3. The fraction of sp³-hybridized carbons (Fsp3) is 0.258. The molecule has 242 valence electrons. The molecule has 1 saturated carbocycles. The molecule has 0 spiro atoms. The maximum absolute atomic E-state index is 15.2. The first kappa shape index (κ1) is 32.5. The van der Waals surface area contributed by atoms with Crippen LogP contribution < -0.4 is 20.1 Å². The zero-order chi connectivity index (χ0) is 33.6. The number of rotatable bonds is 9. The molecule has 15 heteroatoms. The molecule has 4 atom stereocenters. The van der Waals surface area contributed by atoms with Gasteiger partial charge in [0.25, 0.3) is 15.7 Å². The number of sulfone groups is 1. The lowest BCUT2D eigenvalue weighted by Crippen LogP contribution is -2.47. The summed E-state index contributed by atoms with van der Waals surface area (Å²) in [5.41, 5.74) is -5.80. The summed E-state index contributed by atoms with van der Waals surface area (Å²) < 4.78 is 88.5. The highest BCUT2D eigenvalue weighted by molar-refractivity contribution is 7.92. The Balaban J connectivity index is 1.42. The van der Waals surface area contributed by atoms with E-state index in [1.165, 1.54) is 44.6 Å². The molecule has 10 nitrogen and oxygen atoms in total. The monoisotopic (exact) mass is 662 g/mol. The lowest BCUT2D eigenvalue weighted by atomic mass is 9.87. The molecule has 5 rings (SSSR count). The number of allylic oxidation sites excluding steroid dienone is 1. The molecule has 0 aliphatic heterocycles. The average molecular weight is 663 g/mol. The zero-order valence-electron chi connectivity index (χ0n) is 24.1. The lowest BCUT2D eigenvalue weighted by Gasteiger charge is -2.28. The summed E-state index contributed by atoms with van der Waals surface area (Å²) in [6.07, 6.45) is 4.12. The van der Waals surface area contributed by atoms with Crippen LogP contribution in [0.5, 0.6) is 11.5 Å². The smallest absolute Gasteiger partial charge is 0.496 e. The molecule has 2 amide bonds. The van der Waals surface area contributed by atoms with E-state index in [4.69, 9.17) is 9.47 Å². The molecule has 0 radical (unpaired) electrons. The molecule has 46 heavy (non-hydrogen) atoms. The number of carboxylic acids is 1. The normalized spacial score (nSPS) is 20.3. The Bertz CT molecular complexity index is 1880. The summed E-state index contributed by atoms with van der Waals surface area (Å²) in [4.78, 5) is 37.5. The van der Waals surface area contributed by atoms with Crippen molar-refractivity contribution >= 4 is 33.3 Å². The second-order valence-electron chi connectivity index (χ2n) is 10.7. The van der Waals surface area contributed by atoms with E-state index >= 15 is 4.39 Å². The van der Waals surface area contributed by atoms with E-state index in [9.17, 15) is 41.1 Å². The van der Waals surface area contributed by atoms with Crippen LogP contribution in [0, 0.1) is 23.6 Å². The third-order valence-corrected chi connectivity index (χ3v) is 9.54. The van der Waals surface area contributed by atoms with Gasteiger partial charge in [0.15, 0.2) is 0 Å². The molecule has 3 aromatic rings. The number of benzene rings is 3. The molecular weight excluding hydrogens is 636 g/mol. The number of aromatic carboxylic acids is 1. The van der Waals surface area contributed by atoms with Crippen LogP contribution in [0.3, 0.4) is 0 Å². The summed E-state index contributed by atoms with van der Waals surface area (Å²) in [6.45, 7) is 0. The summed E-state index contributed by atoms with van der Waals surface area (Å²) in [5, 5.41) is 14.7. The predicted molar refractivity (Wildman–Crippen MR) is 156 cm³/mol. The van der Waals surface area contributed by atoms with Gasteiger partial charge in [0, 0.05) is 23.4 Å². The van der Waals surface area contributed by atoms with Gasteiger partial charge in [-0.3, -0.25) is 9.59 Å². The highest BCUT2D eigenvalue weighted by Gasteiger charge is 2.49. The lowest BCUT2D eigenvalue weighted by molar-refractivity contribution is -0.121. The van der Waals surface area contributed by atoms with Gasteiger partial charge in [0.05, 0.1) is 30.6 Å². The van der Waals surface area contributed by atoms with Crippen molar-refractivity contribution in [3.05, 3.63) is 83.7 Å². The maximum atomic E-state index is 15.2. The van der Waals surface area contributed by atoms with Crippen LogP contribution in [0.15, 0.2) is 71.6 Å². The average Bonchev–Trinajstić information content (AvgIpc) is 3.62. The largest absolute Gasteiger partial charge is 0.501 e. The van der Waals surface area contributed by atoms with E-state index in [0.717, 1.165) is 18.2 Å². The molecule has 0 aromatic heterocycles. The minimum Gasteiger partial charge on any atom is -0.496 e. The van der Waals surface area contributed by atoms with Crippen molar-refractivity contribution in [3.63, 3.8) is 0 Å². The van der Waals surface area contributed by atoms with E-state index < -0.39 is 55.8 Å². The molecule has 1 fully saturated rings. The third-order valence-electron chi connectivity index (χ3n) is 8.05. The number of halogens is 4. The molecule has 2 aliphatic rings. The van der Waals surface area contributed by atoms with Crippen LogP contribution in [-0.2, 0) is 14.6 Å². The van der Waals surface area contributed by atoms with Crippen LogP contribution in [0.1, 0.15) is 27.1 Å². The van der Waals surface area contributed by atoms with E-state index in [1.807, 2.05) is 6.08 Å². The van der Waals surface area contributed by atoms with Crippen molar-refractivity contribution < 1.29 is 54.9 Å². The molecule has 2 aliphatic carbocycles. The van der Waals surface area contributed by atoms with Crippen molar-refractivity contribution in [2.24, 2.45) is 17.8 Å². The third kappa shape index (κ3) is 5.89. The number of methoxy groups -OCH3 is 2. The van der Waals surface area contributed by atoms with Gasteiger partial charge in [-0.2, -0.15) is 13.2 Å². The molecule has 3 N–H and O–H groups in total. The Morgan fingerprint density at radius 2 is 1.59 bits per heavy atom. The van der Waals surface area contributed by atoms with E-state index in [-0.39, 0.29) is 51.3 Å². The summed E-state index contributed by atoms with van der Waals surface area (Å²) in [6, 6.07) is 9.13.